The molecular weight excluding hydrogens is 764 g/mol. The lowest BCUT2D eigenvalue weighted by Crippen LogP contribution is -2.32. The normalized spacial score (nSPS) is 15.1. The molecule has 3 aromatic rings. The number of aromatic nitrogens is 2. The predicted molar refractivity (Wildman–Crippen MR) is 175 cm³/mol. The Morgan fingerprint density at radius 1 is 1.00 bits per heavy atom. The van der Waals surface area contributed by atoms with Gasteiger partial charge >= 0.3 is 12.1 Å². The molecule has 0 saturated carbocycles. The molecule has 0 bridgehead atoms. The van der Waals surface area contributed by atoms with E-state index in [-0.39, 0.29) is 38.3 Å². The van der Waals surface area contributed by atoms with E-state index in [4.69, 9.17) is 39.1 Å². The molecule has 0 fully saturated rings. The molecule has 0 spiro atoms. The topological polar surface area (TPSA) is 90.7 Å². The first-order valence-electron chi connectivity index (χ1n) is 14.6. The first-order valence-corrected chi connectivity index (χ1v) is 16.1. The molecule has 0 N–H and O–H groups in total. The molecule has 1 aliphatic heterocycles. The van der Waals surface area contributed by atoms with E-state index in [0.717, 1.165) is 43.0 Å². The predicted octanol–water partition coefficient (Wildman–Crippen LogP) is 8.85. The molecule has 49 heavy (non-hydrogen) atoms. The Labute approximate surface area is 296 Å². The quantitative estimate of drug-likeness (QED) is 0.107. The lowest BCUT2D eigenvalue weighted by Gasteiger charge is -2.19. The van der Waals surface area contributed by atoms with Crippen LogP contribution < -0.4 is 9.64 Å². The standard InChI is InChI=1S/C18H15ClFNO3.C15H12BrClF4N2O2/c1-3-10(2)24-16-9-15(14(20)8-13(16)19)21-17(22)11-6-4-5-7-12(11)18(21)23;1-6(2)25-14(24)7-4-8(10(18)5-9(7)17)12-11(16)13(15(19,20)21)23(3)22-12/h1,8-10H,4-7H2,2H3;4-6H,1-3H3. The number of esters is 1. The molecule has 0 radical (unpaired) electrons. The zero-order valence-electron chi connectivity index (χ0n) is 26.3. The molecule has 16 heteroatoms. The van der Waals surface area contributed by atoms with Crippen LogP contribution in [0.3, 0.4) is 0 Å². The molecule has 2 aromatic carbocycles. The summed E-state index contributed by atoms with van der Waals surface area (Å²) >= 11 is 14.6. The van der Waals surface area contributed by atoms with Gasteiger partial charge in [0.05, 0.1) is 31.9 Å². The summed E-state index contributed by atoms with van der Waals surface area (Å²) in [5.74, 6) is -0.926. The number of nitrogens with zero attached hydrogens (tertiary/aromatic N) is 3. The highest BCUT2D eigenvalue weighted by Gasteiger charge is 2.41. The van der Waals surface area contributed by atoms with Crippen LogP contribution in [0.4, 0.5) is 27.6 Å². The maximum Gasteiger partial charge on any atom is 0.434 e. The van der Waals surface area contributed by atoms with Crippen LogP contribution in [0.5, 0.6) is 5.75 Å². The number of carbonyl (C=O) groups excluding carboxylic acids is 3. The SMILES string of the molecule is C#CC(C)Oc1cc(N2C(=O)C3=C(CCCC3)C2=O)c(F)cc1Cl.CC(C)OC(=O)c1cc(-c2nn(C)c(C(F)(F)F)c2Br)c(F)cc1Cl. The number of aryl methyl sites for hydroxylation is 1. The fourth-order valence-corrected chi connectivity index (χ4v) is 6.30. The summed E-state index contributed by atoms with van der Waals surface area (Å²) in [6, 6.07) is 4.13. The van der Waals surface area contributed by atoms with E-state index in [1.54, 1.807) is 20.8 Å². The van der Waals surface area contributed by atoms with Crippen LogP contribution in [0.15, 0.2) is 39.9 Å². The number of hydrogen-bond donors (Lipinski definition) is 0. The zero-order chi connectivity index (χ0) is 36.5. The summed E-state index contributed by atoms with van der Waals surface area (Å²) in [5.41, 5.74) is -1.05. The third kappa shape index (κ3) is 7.95. The number of benzene rings is 2. The van der Waals surface area contributed by atoms with Crippen LogP contribution in [0, 0.1) is 24.0 Å². The number of anilines is 1. The number of halogens is 8. The number of hydrogen-bond acceptors (Lipinski definition) is 6. The molecule has 8 nitrogen and oxygen atoms in total. The van der Waals surface area contributed by atoms with Gasteiger partial charge in [0.25, 0.3) is 11.8 Å². The minimum Gasteiger partial charge on any atom is -0.476 e. The summed E-state index contributed by atoms with van der Waals surface area (Å²) in [7, 11) is 1.08. The van der Waals surface area contributed by atoms with E-state index in [1.165, 1.54) is 6.07 Å². The van der Waals surface area contributed by atoms with Gasteiger partial charge in [0.15, 0.2) is 11.8 Å². The fourth-order valence-electron chi connectivity index (χ4n) is 5.11. The molecule has 2 aliphatic rings. The van der Waals surface area contributed by atoms with Crippen LogP contribution in [0.1, 0.15) is 62.5 Å². The number of imide groups is 1. The smallest absolute Gasteiger partial charge is 0.434 e. The molecule has 2 heterocycles. The minimum atomic E-state index is -4.69. The van der Waals surface area contributed by atoms with Crippen LogP contribution in [-0.2, 0) is 27.5 Å². The van der Waals surface area contributed by atoms with Crippen LogP contribution >= 0.6 is 39.1 Å². The first kappa shape index (κ1) is 37.9. The number of terminal acetylenes is 1. The Morgan fingerprint density at radius 3 is 2.08 bits per heavy atom. The second kappa shape index (κ2) is 14.9. The van der Waals surface area contributed by atoms with Gasteiger partial charge in [0.2, 0.25) is 0 Å². The first-order chi connectivity index (χ1) is 22.9. The summed E-state index contributed by atoms with van der Waals surface area (Å²) in [4.78, 5) is 38.0. The summed E-state index contributed by atoms with van der Waals surface area (Å²) in [5, 5.41) is 3.52. The average molecular weight is 791 g/mol. The van der Waals surface area contributed by atoms with E-state index in [1.807, 2.05) is 0 Å². The number of amides is 2. The van der Waals surface area contributed by atoms with Gasteiger partial charge in [-0.3, -0.25) is 14.3 Å². The monoisotopic (exact) mass is 789 g/mol. The molecule has 1 aromatic heterocycles. The van der Waals surface area contributed by atoms with Gasteiger partial charge in [-0.15, -0.1) is 6.42 Å². The Hall–Kier alpha value is -3.93. The van der Waals surface area contributed by atoms with E-state index in [0.29, 0.717) is 28.7 Å². The van der Waals surface area contributed by atoms with Crippen LogP contribution in [0.25, 0.3) is 11.3 Å². The van der Waals surface area contributed by atoms with Gasteiger partial charge < -0.3 is 9.47 Å². The number of alkyl halides is 3. The third-order valence-electron chi connectivity index (χ3n) is 7.30. The molecule has 260 valence electrons. The van der Waals surface area contributed by atoms with Gasteiger partial charge in [0, 0.05) is 29.8 Å². The Bertz CT molecular complexity index is 1890. The van der Waals surface area contributed by atoms with Crippen LogP contribution in [-0.4, -0.2) is 39.8 Å². The van der Waals surface area contributed by atoms with Gasteiger partial charge in [-0.05, 0) is 80.6 Å². The number of carbonyl (C=O) groups is 3. The van der Waals surface area contributed by atoms with Gasteiger partial charge in [-0.1, -0.05) is 29.1 Å². The van der Waals surface area contributed by atoms with Gasteiger partial charge in [-0.25, -0.2) is 18.5 Å². The maximum absolute atomic E-state index is 14.4. The molecule has 5 rings (SSSR count). The van der Waals surface area contributed by atoms with Crippen molar-refractivity contribution < 1.29 is 45.8 Å². The molecule has 1 unspecified atom stereocenters. The highest BCUT2D eigenvalue weighted by atomic mass is 79.9. The van der Waals surface area contributed by atoms with E-state index >= 15 is 0 Å². The fraction of sp³-hybridized carbons (Fsp3) is 0.333. The largest absolute Gasteiger partial charge is 0.476 e. The van der Waals surface area contributed by atoms with Crippen molar-refractivity contribution in [1.29, 1.82) is 0 Å². The zero-order valence-corrected chi connectivity index (χ0v) is 29.4. The highest BCUT2D eigenvalue weighted by molar-refractivity contribution is 9.10. The lowest BCUT2D eigenvalue weighted by molar-refractivity contribution is -0.144. The van der Waals surface area contributed by atoms with Crippen LogP contribution in [0.2, 0.25) is 10.0 Å². The molecule has 0 saturated heterocycles. The van der Waals surface area contributed by atoms with Crippen molar-refractivity contribution in [3.63, 3.8) is 0 Å². The lowest BCUT2D eigenvalue weighted by atomic mass is 9.93. The Kier molecular flexibility index (Phi) is 11.5. The van der Waals surface area contributed by atoms with Crippen molar-refractivity contribution in [2.75, 3.05) is 4.90 Å². The second-order valence-corrected chi connectivity index (χ2v) is 12.8. The average Bonchev–Trinajstić information content (AvgIpc) is 3.45. The van der Waals surface area contributed by atoms with Crippen molar-refractivity contribution in [3.8, 4) is 29.4 Å². The number of ether oxygens (including phenoxy) is 2. The van der Waals surface area contributed by atoms with Crippen molar-refractivity contribution in [3.05, 3.63) is 72.8 Å². The Morgan fingerprint density at radius 2 is 1.57 bits per heavy atom. The van der Waals surface area contributed by atoms with Crippen molar-refractivity contribution in [2.24, 2.45) is 7.05 Å². The van der Waals surface area contributed by atoms with E-state index < -0.39 is 58.0 Å². The maximum atomic E-state index is 14.4. The van der Waals surface area contributed by atoms with Crippen molar-refractivity contribution >= 4 is 62.6 Å². The summed E-state index contributed by atoms with van der Waals surface area (Å²) in [6.07, 6.45) is 2.33. The van der Waals surface area contributed by atoms with E-state index in [2.05, 4.69) is 26.9 Å². The molecular formula is C33H27BrCl2F5N3O5. The summed E-state index contributed by atoms with van der Waals surface area (Å²) < 4.78 is 78.5. The number of rotatable bonds is 6. The molecule has 2 amide bonds. The summed E-state index contributed by atoms with van der Waals surface area (Å²) in [6.45, 7) is 4.86. The second-order valence-electron chi connectivity index (χ2n) is 11.2. The highest BCUT2D eigenvalue weighted by Crippen LogP contribution is 2.42. The van der Waals surface area contributed by atoms with Gasteiger partial charge in [0.1, 0.15) is 23.1 Å². The molecule has 1 atom stereocenters. The van der Waals surface area contributed by atoms with Crippen molar-refractivity contribution in [2.45, 2.75) is 64.8 Å². The molecule has 1 aliphatic carbocycles. The van der Waals surface area contributed by atoms with E-state index in [9.17, 15) is 36.3 Å². The van der Waals surface area contributed by atoms with Crippen molar-refractivity contribution in [1.82, 2.24) is 9.78 Å². The Balaban J connectivity index is 0.000000221. The third-order valence-corrected chi connectivity index (χ3v) is 8.66. The minimum absolute atomic E-state index is 0.0233. The van der Waals surface area contributed by atoms with Gasteiger partial charge in [-0.2, -0.15) is 18.3 Å².